The molecule has 26 nitrogen and oxygen atoms in total. The van der Waals surface area contributed by atoms with Crippen molar-refractivity contribution in [2.24, 2.45) is 5.92 Å². The van der Waals surface area contributed by atoms with Gasteiger partial charge in [0.15, 0.2) is 55.9 Å². The van der Waals surface area contributed by atoms with Crippen LogP contribution in [-0.2, 0) is 85.5 Å². The third-order valence-corrected chi connectivity index (χ3v) is 19.6. The standard InChI is InChI=1S/C72H116O26/c1-9-12-14-15-16-17-20-23-31-37-50(75)93-66-65(98-68-56(81)54(79)52(77)42(5)85-68)61(96-69-63(92-51(76)39-38-46-32-27-25-28-33-46)57(82)59(43(6)86-69)94-67(84)41(4)11-3)45(8)88-72(66)95-60-44(7)87-70-64(58(60)83)91-49(74)36-30-24-21-18-19-22-29-35-47(34-26-13-10-2)89-71-62(97-70)55(80)53(78)48(40-73)90-71/h25,27-28,32-33,38-39,41-45,47-48,52-66,68-73,77-83H,9-24,26,29-31,34-37,40H2,1-8H3. The highest BCUT2D eigenvalue weighted by molar-refractivity contribution is 5.87. The maximum absolute atomic E-state index is 14.6. The topological polar surface area (TPSA) is 359 Å². The van der Waals surface area contributed by atoms with Gasteiger partial charge in [-0.15, -0.1) is 0 Å². The Balaban J connectivity index is 1.26. The fourth-order valence-corrected chi connectivity index (χ4v) is 13.4. The summed E-state index contributed by atoms with van der Waals surface area (Å²) >= 11 is 0. The zero-order valence-electron chi connectivity index (χ0n) is 58.7. The SMILES string of the molecule is CCCCCCCCCCCC(=O)OC1C(OC2C(C)OC3OC4C(OC(CCCCC)CCCCCCCCCC(=O)OC3C2O)OC(CO)C(O)C4O)OC(C)C(OC2OC(C)C(OC(=O)C(C)CC)C(O)C2OC(=O)C=Cc2ccccc2)C1OC1OC(C)C(O)C(O)C1O. The van der Waals surface area contributed by atoms with Gasteiger partial charge in [0, 0.05) is 18.9 Å². The third-order valence-electron chi connectivity index (χ3n) is 19.6. The van der Waals surface area contributed by atoms with E-state index in [-0.39, 0.29) is 18.9 Å². The van der Waals surface area contributed by atoms with Crippen LogP contribution < -0.4 is 0 Å². The molecule has 26 heteroatoms. The number of fused-ring (bicyclic) bond motifs is 2. The first-order valence-electron chi connectivity index (χ1n) is 36.5. The summed E-state index contributed by atoms with van der Waals surface area (Å²) in [5.74, 6) is -3.73. The number of rotatable bonds is 28. The minimum atomic E-state index is -1.96. The molecule has 0 aromatic heterocycles. The van der Waals surface area contributed by atoms with Crippen LogP contribution in [0.2, 0.25) is 0 Å². The van der Waals surface area contributed by atoms with Gasteiger partial charge in [-0.1, -0.05) is 167 Å². The highest BCUT2D eigenvalue weighted by atomic mass is 16.8. The molecule has 6 aliphatic rings. The third kappa shape index (κ3) is 23.3. The van der Waals surface area contributed by atoms with E-state index in [4.69, 9.17) is 66.3 Å². The van der Waals surface area contributed by atoms with Crippen molar-refractivity contribution >= 4 is 30.0 Å². The van der Waals surface area contributed by atoms with E-state index in [9.17, 15) is 60.0 Å². The minimum Gasteiger partial charge on any atom is -0.456 e. The molecule has 7 rings (SSSR count). The molecular weight excluding hydrogens is 1280 g/mol. The van der Waals surface area contributed by atoms with Gasteiger partial charge in [0.05, 0.1) is 43.0 Å². The van der Waals surface area contributed by atoms with Crippen LogP contribution in [0.5, 0.6) is 0 Å². The van der Waals surface area contributed by atoms with Gasteiger partial charge in [0.25, 0.3) is 0 Å². The van der Waals surface area contributed by atoms with Crippen LogP contribution in [0.1, 0.15) is 215 Å². The van der Waals surface area contributed by atoms with E-state index in [1.54, 1.807) is 44.2 Å². The minimum absolute atomic E-state index is 0.0663. The average molecular weight is 1400 g/mol. The molecule has 8 N–H and O–H groups in total. The fourth-order valence-electron chi connectivity index (χ4n) is 13.4. The van der Waals surface area contributed by atoms with E-state index in [0.29, 0.717) is 50.5 Å². The van der Waals surface area contributed by atoms with Crippen LogP contribution in [0.4, 0.5) is 0 Å². The van der Waals surface area contributed by atoms with E-state index in [1.807, 2.05) is 0 Å². The quantitative estimate of drug-likeness (QED) is 0.0190. The van der Waals surface area contributed by atoms with Crippen molar-refractivity contribution in [3.63, 3.8) is 0 Å². The van der Waals surface area contributed by atoms with Crippen molar-refractivity contribution < 1.29 is 126 Å². The van der Waals surface area contributed by atoms with E-state index < -0.39 is 190 Å². The summed E-state index contributed by atoms with van der Waals surface area (Å²) in [5.41, 5.74) is 0.639. The molecule has 27 atom stereocenters. The van der Waals surface area contributed by atoms with Crippen molar-refractivity contribution in [2.45, 2.75) is 369 Å². The Bertz CT molecular complexity index is 2510. The average Bonchev–Trinajstić information content (AvgIpc) is 0.766. The van der Waals surface area contributed by atoms with Crippen molar-refractivity contribution in [1.29, 1.82) is 0 Å². The lowest BCUT2D eigenvalue weighted by atomic mass is 9.95. The predicted octanol–water partition coefficient (Wildman–Crippen LogP) is 6.57. The Morgan fingerprint density at radius 1 is 0.520 bits per heavy atom. The second-order valence-electron chi connectivity index (χ2n) is 27.5. The Hall–Kier alpha value is -3.88. The van der Waals surface area contributed by atoms with Crippen LogP contribution in [0.3, 0.4) is 0 Å². The smallest absolute Gasteiger partial charge is 0.331 e. The number of carbonyl (C=O) groups is 4. The van der Waals surface area contributed by atoms with Crippen LogP contribution in [-0.4, -0.2) is 231 Å². The number of aliphatic hydroxyl groups is 8. The zero-order valence-corrected chi connectivity index (χ0v) is 58.7. The van der Waals surface area contributed by atoms with Gasteiger partial charge in [-0.3, -0.25) is 14.4 Å². The first kappa shape index (κ1) is 81.4. The summed E-state index contributed by atoms with van der Waals surface area (Å²) in [6.07, 6.45) is -19.9. The van der Waals surface area contributed by atoms with Gasteiger partial charge < -0.3 is 107 Å². The second kappa shape index (κ2) is 41.4. The monoisotopic (exact) mass is 1400 g/mol. The molecule has 1 aromatic carbocycles. The van der Waals surface area contributed by atoms with E-state index in [1.165, 1.54) is 33.8 Å². The lowest BCUT2D eigenvalue weighted by Crippen LogP contribution is -2.68. The fraction of sp³-hybridized carbons (Fsp3) is 0.833. The number of aliphatic hydroxyl groups excluding tert-OH is 8. The predicted molar refractivity (Wildman–Crippen MR) is 351 cm³/mol. The summed E-state index contributed by atoms with van der Waals surface area (Å²) in [4.78, 5) is 55.9. The Morgan fingerprint density at radius 3 is 1.78 bits per heavy atom. The van der Waals surface area contributed by atoms with Gasteiger partial charge >= 0.3 is 23.9 Å². The van der Waals surface area contributed by atoms with Crippen molar-refractivity contribution in [3.05, 3.63) is 42.0 Å². The van der Waals surface area contributed by atoms with Crippen molar-refractivity contribution in [3.8, 4) is 0 Å². The number of unbranched alkanes of at least 4 members (excludes halogenated alkanes) is 10. The van der Waals surface area contributed by atoms with Gasteiger partial charge in [-0.25, -0.2) is 4.79 Å². The molecule has 1 aromatic rings. The van der Waals surface area contributed by atoms with Crippen LogP contribution >= 0.6 is 0 Å². The Morgan fingerprint density at radius 2 is 1.10 bits per heavy atom. The van der Waals surface area contributed by atoms with E-state index in [2.05, 4.69) is 13.8 Å². The summed E-state index contributed by atoms with van der Waals surface area (Å²) in [6, 6.07) is 8.83. The maximum Gasteiger partial charge on any atom is 0.331 e. The normalized spacial score (nSPS) is 38.3. The number of ether oxygens (including phenoxy) is 14. The summed E-state index contributed by atoms with van der Waals surface area (Å²) in [6.45, 7) is 13.0. The molecule has 0 bridgehead atoms. The molecule has 6 heterocycles. The summed E-state index contributed by atoms with van der Waals surface area (Å²) in [5, 5.41) is 92.5. The zero-order chi connectivity index (χ0) is 71.0. The number of carbonyl (C=O) groups excluding carboxylic acids is 4. The van der Waals surface area contributed by atoms with E-state index in [0.717, 1.165) is 102 Å². The molecule has 27 unspecified atom stereocenters. The summed E-state index contributed by atoms with van der Waals surface area (Å²) in [7, 11) is 0. The molecule has 98 heavy (non-hydrogen) atoms. The molecule has 0 amide bonds. The molecule has 560 valence electrons. The molecule has 0 spiro atoms. The molecule has 0 aliphatic carbocycles. The highest BCUT2D eigenvalue weighted by Crippen LogP contribution is 2.40. The van der Waals surface area contributed by atoms with Gasteiger partial charge in [-0.2, -0.15) is 0 Å². The number of benzene rings is 1. The Labute approximate surface area is 577 Å². The number of esters is 4. The van der Waals surface area contributed by atoms with Crippen molar-refractivity contribution in [1.82, 2.24) is 0 Å². The van der Waals surface area contributed by atoms with E-state index >= 15 is 0 Å². The maximum atomic E-state index is 14.6. The molecule has 6 fully saturated rings. The van der Waals surface area contributed by atoms with Crippen molar-refractivity contribution in [2.75, 3.05) is 6.61 Å². The molecular formula is C72H116O26. The van der Waals surface area contributed by atoms with Gasteiger partial charge in [-0.05, 0) is 71.4 Å². The van der Waals surface area contributed by atoms with Crippen LogP contribution in [0, 0.1) is 5.92 Å². The molecule has 6 saturated heterocycles. The van der Waals surface area contributed by atoms with Crippen LogP contribution in [0.15, 0.2) is 36.4 Å². The molecule has 6 aliphatic heterocycles. The lowest BCUT2D eigenvalue weighted by molar-refractivity contribution is -0.400. The van der Waals surface area contributed by atoms with Gasteiger partial charge in [0.2, 0.25) is 0 Å². The largest absolute Gasteiger partial charge is 0.456 e. The van der Waals surface area contributed by atoms with Crippen LogP contribution in [0.25, 0.3) is 6.08 Å². The number of hydrogen-bond donors (Lipinski definition) is 8. The second-order valence-corrected chi connectivity index (χ2v) is 27.5. The molecule has 0 saturated carbocycles. The first-order valence-corrected chi connectivity index (χ1v) is 36.5. The highest BCUT2D eigenvalue weighted by Gasteiger charge is 2.59. The Kier molecular flexibility index (Phi) is 34.4. The molecule has 0 radical (unpaired) electrons. The number of hydrogen-bond acceptors (Lipinski definition) is 26. The summed E-state index contributed by atoms with van der Waals surface area (Å²) < 4.78 is 89.7. The van der Waals surface area contributed by atoms with Gasteiger partial charge in [0.1, 0.15) is 73.2 Å². The lowest BCUT2D eigenvalue weighted by Gasteiger charge is -2.51. The first-order chi connectivity index (χ1) is 47.1.